The lowest BCUT2D eigenvalue weighted by Crippen LogP contribution is -2.20. The third-order valence-corrected chi connectivity index (χ3v) is 5.59. The van der Waals surface area contributed by atoms with Crippen molar-refractivity contribution < 1.29 is 9.53 Å². The molecule has 0 saturated carbocycles. The van der Waals surface area contributed by atoms with Gasteiger partial charge in [-0.05, 0) is 73.9 Å². The number of hydrogen-bond donors (Lipinski definition) is 2. The van der Waals surface area contributed by atoms with E-state index in [2.05, 4.69) is 86.0 Å². The summed E-state index contributed by atoms with van der Waals surface area (Å²) in [6.07, 6.45) is 0.266. The monoisotopic (exact) mass is 413 g/mol. The average molecular weight is 414 g/mol. The Morgan fingerprint density at radius 1 is 0.903 bits per heavy atom. The van der Waals surface area contributed by atoms with E-state index in [-0.39, 0.29) is 0 Å². The molecule has 2 N–H and O–H groups in total. The van der Waals surface area contributed by atoms with Gasteiger partial charge in [0.05, 0.1) is 23.3 Å². The molecule has 5 nitrogen and oxygen atoms in total. The zero-order valence-corrected chi connectivity index (χ0v) is 18.4. The Morgan fingerprint density at radius 2 is 1.61 bits per heavy atom. The van der Waals surface area contributed by atoms with Crippen LogP contribution in [0, 0.1) is 20.8 Å². The summed E-state index contributed by atoms with van der Waals surface area (Å²) in [5.41, 5.74) is 8.84. The average Bonchev–Trinajstić information content (AvgIpc) is 2.76. The summed E-state index contributed by atoms with van der Waals surface area (Å²) in [6, 6.07) is 19.0. The van der Waals surface area contributed by atoms with Crippen LogP contribution >= 0.6 is 0 Å². The number of hydrogen-bond acceptors (Lipinski definition) is 4. The van der Waals surface area contributed by atoms with E-state index in [4.69, 9.17) is 9.72 Å². The number of aryl methyl sites for hydroxylation is 3. The lowest BCUT2D eigenvalue weighted by molar-refractivity contribution is 0.150. The van der Waals surface area contributed by atoms with Gasteiger partial charge in [-0.2, -0.15) is 0 Å². The van der Waals surface area contributed by atoms with E-state index in [0.717, 1.165) is 38.7 Å². The maximum absolute atomic E-state index is 11.2. The van der Waals surface area contributed by atoms with E-state index in [0.29, 0.717) is 13.0 Å². The molecular formula is C26H27N3O2. The number of fused-ring (bicyclic) bond motifs is 2. The first kappa shape index (κ1) is 20.7. The molecule has 5 heteroatoms. The fourth-order valence-corrected chi connectivity index (χ4v) is 3.68. The minimum Gasteiger partial charge on any atom is -0.449 e. The van der Waals surface area contributed by atoms with Gasteiger partial charge in [0, 0.05) is 29.9 Å². The van der Waals surface area contributed by atoms with Crippen LogP contribution in [0.1, 0.15) is 22.3 Å². The molecule has 1 aromatic heterocycles. The molecule has 0 spiro atoms. The predicted octanol–water partition coefficient (Wildman–Crippen LogP) is 5.96. The van der Waals surface area contributed by atoms with Crippen LogP contribution in [0.25, 0.3) is 21.8 Å². The summed E-state index contributed by atoms with van der Waals surface area (Å²) < 4.78 is 5.08. The van der Waals surface area contributed by atoms with Crippen molar-refractivity contribution >= 4 is 39.3 Å². The van der Waals surface area contributed by atoms with Gasteiger partial charge in [-0.1, -0.05) is 23.8 Å². The lowest BCUT2D eigenvalue weighted by Gasteiger charge is -2.15. The molecule has 0 aliphatic carbocycles. The molecule has 0 bridgehead atoms. The van der Waals surface area contributed by atoms with E-state index in [1.807, 2.05) is 0 Å². The van der Waals surface area contributed by atoms with E-state index >= 15 is 0 Å². The van der Waals surface area contributed by atoms with Crippen LogP contribution in [0.5, 0.6) is 0 Å². The number of rotatable bonds is 5. The number of nitrogens with one attached hydrogen (secondary N) is 2. The van der Waals surface area contributed by atoms with Crippen molar-refractivity contribution in [1.29, 1.82) is 0 Å². The highest BCUT2D eigenvalue weighted by molar-refractivity contribution is 6.09. The topological polar surface area (TPSA) is 63.2 Å². The number of aromatic nitrogens is 1. The highest BCUT2D eigenvalue weighted by atomic mass is 16.5. The maximum Gasteiger partial charge on any atom is 0.406 e. The van der Waals surface area contributed by atoms with E-state index in [9.17, 15) is 4.79 Å². The van der Waals surface area contributed by atoms with E-state index < -0.39 is 6.09 Å². The normalized spacial score (nSPS) is 11.0. The number of nitrogens with zero attached hydrogens (tertiary/aromatic N) is 1. The zero-order valence-electron chi connectivity index (χ0n) is 18.4. The van der Waals surface area contributed by atoms with Crippen LogP contribution in [-0.2, 0) is 11.2 Å². The fraction of sp³-hybridized carbons (Fsp3) is 0.231. The summed E-state index contributed by atoms with van der Waals surface area (Å²) in [4.78, 5) is 16.1. The zero-order chi connectivity index (χ0) is 22.0. The van der Waals surface area contributed by atoms with Gasteiger partial charge in [-0.3, -0.25) is 0 Å². The lowest BCUT2D eigenvalue weighted by atomic mass is 10.0. The number of ether oxygens (including phenoxy) is 1. The number of benzene rings is 3. The largest absolute Gasteiger partial charge is 0.449 e. The predicted molar refractivity (Wildman–Crippen MR) is 127 cm³/mol. The molecule has 158 valence electrons. The standard InChI is InChI=1S/C26H27N3O2/c1-16-5-10-23-21(13-16)25(22-14-17(2)18(3)15-24(22)29-23)28-20-8-6-19(7-9-20)11-12-31-26(30)27-4/h5-10,13-15H,11-12H2,1-4H3,(H,27,30)(H,28,29). The van der Waals surface area contributed by atoms with Crippen LogP contribution in [0.15, 0.2) is 54.6 Å². The molecule has 0 radical (unpaired) electrons. The summed E-state index contributed by atoms with van der Waals surface area (Å²) in [5.74, 6) is 0. The highest BCUT2D eigenvalue weighted by Gasteiger charge is 2.12. The van der Waals surface area contributed by atoms with Crippen molar-refractivity contribution in [2.24, 2.45) is 0 Å². The summed E-state index contributed by atoms with van der Waals surface area (Å²) >= 11 is 0. The highest BCUT2D eigenvalue weighted by Crippen LogP contribution is 2.35. The summed E-state index contributed by atoms with van der Waals surface area (Å²) in [6.45, 7) is 6.71. The summed E-state index contributed by atoms with van der Waals surface area (Å²) in [7, 11) is 1.56. The second-order valence-corrected chi connectivity index (χ2v) is 7.92. The Bertz CT molecular complexity index is 1260. The minimum absolute atomic E-state index is 0.351. The number of alkyl carbamates (subject to hydrolysis) is 1. The van der Waals surface area contributed by atoms with Gasteiger partial charge in [0.1, 0.15) is 0 Å². The first-order valence-corrected chi connectivity index (χ1v) is 10.5. The SMILES string of the molecule is CNC(=O)OCCc1ccc(Nc2c3cc(C)ccc3nc3cc(C)c(C)cc23)cc1. The Labute approximate surface area is 182 Å². The second kappa shape index (κ2) is 8.64. The maximum atomic E-state index is 11.2. The quantitative estimate of drug-likeness (QED) is 0.397. The van der Waals surface area contributed by atoms with Crippen molar-refractivity contribution in [3.8, 4) is 0 Å². The first-order chi connectivity index (χ1) is 14.9. The van der Waals surface area contributed by atoms with Crippen LogP contribution < -0.4 is 10.6 Å². The van der Waals surface area contributed by atoms with Gasteiger partial charge >= 0.3 is 6.09 Å². The fourth-order valence-electron chi connectivity index (χ4n) is 3.68. The molecule has 4 aromatic rings. The number of carbonyl (C=O) groups is 1. The van der Waals surface area contributed by atoms with Gasteiger partial charge in [0.25, 0.3) is 0 Å². The molecule has 4 rings (SSSR count). The van der Waals surface area contributed by atoms with Crippen molar-refractivity contribution in [2.75, 3.05) is 19.0 Å². The van der Waals surface area contributed by atoms with Crippen molar-refractivity contribution in [1.82, 2.24) is 10.3 Å². The van der Waals surface area contributed by atoms with Crippen molar-refractivity contribution in [3.05, 3.63) is 76.9 Å². The van der Waals surface area contributed by atoms with Gasteiger partial charge in [-0.15, -0.1) is 0 Å². The molecule has 0 saturated heterocycles. The molecule has 0 aliphatic heterocycles. The Hall–Kier alpha value is -3.60. The molecule has 31 heavy (non-hydrogen) atoms. The number of amides is 1. The van der Waals surface area contributed by atoms with Crippen LogP contribution in [0.2, 0.25) is 0 Å². The molecule has 0 unspecified atom stereocenters. The van der Waals surface area contributed by atoms with E-state index in [1.165, 1.54) is 16.7 Å². The third-order valence-electron chi connectivity index (χ3n) is 5.59. The molecule has 1 amide bonds. The molecular weight excluding hydrogens is 386 g/mol. The number of carbonyl (C=O) groups excluding carboxylic acids is 1. The number of pyridine rings is 1. The molecule has 0 atom stereocenters. The van der Waals surface area contributed by atoms with Gasteiger partial charge in [0.15, 0.2) is 0 Å². The van der Waals surface area contributed by atoms with Crippen molar-refractivity contribution in [3.63, 3.8) is 0 Å². The molecule has 0 fully saturated rings. The Kier molecular flexibility index (Phi) is 5.76. The first-order valence-electron chi connectivity index (χ1n) is 10.5. The Balaban J connectivity index is 1.68. The van der Waals surface area contributed by atoms with Crippen molar-refractivity contribution in [2.45, 2.75) is 27.2 Å². The number of anilines is 2. The molecule has 0 aliphatic rings. The van der Waals surface area contributed by atoms with Gasteiger partial charge < -0.3 is 15.4 Å². The molecule has 1 heterocycles. The third kappa shape index (κ3) is 4.45. The van der Waals surface area contributed by atoms with E-state index in [1.54, 1.807) is 7.05 Å². The smallest absolute Gasteiger partial charge is 0.406 e. The minimum atomic E-state index is -0.407. The van der Waals surface area contributed by atoms with Crippen LogP contribution in [-0.4, -0.2) is 24.7 Å². The Morgan fingerprint density at radius 3 is 2.35 bits per heavy atom. The van der Waals surface area contributed by atoms with Gasteiger partial charge in [-0.25, -0.2) is 9.78 Å². The van der Waals surface area contributed by atoms with Crippen LogP contribution in [0.4, 0.5) is 16.2 Å². The second-order valence-electron chi connectivity index (χ2n) is 7.92. The molecule has 3 aromatic carbocycles. The van der Waals surface area contributed by atoms with Gasteiger partial charge in [0.2, 0.25) is 0 Å². The summed E-state index contributed by atoms with van der Waals surface area (Å²) in [5, 5.41) is 8.32. The van der Waals surface area contributed by atoms with Crippen LogP contribution in [0.3, 0.4) is 0 Å².